The summed E-state index contributed by atoms with van der Waals surface area (Å²) in [5.74, 6) is -4.91. The summed E-state index contributed by atoms with van der Waals surface area (Å²) in [7, 11) is 3.84. The minimum absolute atomic E-state index is 0.212. The minimum Gasteiger partial charge on any atom is -0.459 e. The topological polar surface area (TPSA) is 141 Å². The van der Waals surface area contributed by atoms with Crippen molar-refractivity contribution in [2.24, 2.45) is 40.0 Å². The Hall–Kier alpha value is -2.47. The molecule has 3 unspecified atom stereocenters. The number of nitrogens with zero attached hydrogens (tertiary/aromatic N) is 2. The highest BCUT2D eigenvalue weighted by Crippen LogP contribution is 2.47. The van der Waals surface area contributed by atoms with Crippen molar-refractivity contribution in [3.8, 4) is 0 Å². The number of ether oxygens (including phenoxy) is 4. The zero-order chi connectivity index (χ0) is 37.9. The van der Waals surface area contributed by atoms with E-state index in [9.17, 15) is 24.3 Å². The number of aliphatic imine (C=N–C) groups is 1. The highest BCUT2D eigenvalue weighted by atomic mass is 16.7. The monoisotopic (exact) mass is 704 g/mol. The first-order valence-corrected chi connectivity index (χ1v) is 18.5. The lowest BCUT2D eigenvalue weighted by Gasteiger charge is -2.48. The highest BCUT2D eigenvalue weighted by molar-refractivity contribution is 6.00. The number of allylic oxidation sites excluding steroid dienone is 1. The van der Waals surface area contributed by atoms with E-state index in [4.69, 9.17) is 18.9 Å². The zero-order valence-corrected chi connectivity index (χ0v) is 32.6. The molecule has 0 aromatic heterocycles. The number of fused-ring (bicyclic) bond motifs is 5. The molecule has 0 spiro atoms. The lowest BCUT2D eigenvalue weighted by molar-refractivity contribution is -0.290. The van der Waals surface area contributed by atoms with Gasteiger partial charge in [0.1, 0.15) is 17.6 Å². The number of carbonyl (C=O) groups excluding carboxylic acids is 4. The van der Waals surface area contributed by atoms with E-state index in [0.29, 0.717) is 50.7 Å². The number of Topliss-reactive ketones (excluding diaryl/α,β-unsaturated/α-hetero) is 1. The third-order valence-electron chi connectivity index (χ3n) is 11.7. The standard InChI is InChI=1S/C39H64N2O9/c1-14-31-39(11,46)29-16-15-21(2)17-18-38(10,20-22(3)32(24(29)5)40-27(8)42)35(25(6)33(44)26(7)36(45)49-31)50-37-34(48-28(9)43)30(41(12)13)19-23(4)47-37/h22-26,29-31,34-35,37,46H,2,14-20H2,1,3-13H3/t22-,23-,24-,25+,26-,29?,30?,31-,34-,35-,37?,38-,39+/m1/s1. The summed E-state index contributed by atoms with van der Waals surface area (Å²) >= 11 is 0. The van der Waals surface area contributed by atoms with E-state index in [2.05, 4.69) is 18.5 Å². The van der Waals surface area contributed by atoms with Crippen LogP contribution in [0.2, 0.25) is 0 Å². The van der Waals surface area contributed by atoms with Crippen molar-refractivity contribution < 1.29 is 43.2 Å². The zero-order valence-electron chi connectivity index (χ0n) is 32.6. The number of likely N-dealkylation sites (N-methyl/N-ethyl adjacent to an activating group) is 1. The molecule has 3 rings (SSSR count). The first-order chi connectivity index (χ1) is 23.1. The quantitative estimate of drug-likeness (QED) is 0.215. The summed E-state index contributed by atoms with van der Waals surface area (Å²) in [6, 6.07) is -0.212. The van der Waals surface area contributed by atoms with Gasteiger partial charge >= 0.3 is 11.9 Å². The van der Waals surface area contributed by atoms with Gasteiger partial charge in [0.2, 0.25) is 5.91 Å². The number of carbonyl (C=O) groups is 4. The molecule has 2 bridgehead atoms. The van der Waals surface area contributed by atoms with Crippen LogP contribution < -0.4 is 0 Å². The second kappa shape index (κ2) is 16.9. The maximum absolute atomic E-state index is 14.4. The van der Waals surface area contributed by atoms with E-state index in [1.165, 1.54) is 13.8 Å². The Balaban J connectivity index is 2.32. The van der Waals surface area contributed by atoms with Gasteiger partial charge in [0, 0.05) is 31.4 Å². The molecule has 0 aromatic rings. The molecule has 2 aliphatic heterocycles. The molecule has 2 heterocycles. The predicted octanol–water partition coefficient (Wildman–Crippen LogP) is 5.70. The normalized spacial score (nSPS) is 41.9. The van der Waals surface area contributed by atoms with Crippen LogP contribution in [0.4, 0.5) is 0 Å². The Morgan fingerprint density at radius 2 is 1.70 bits per heavy atom. The molecule has 11 heteroatoms. The van der Waals surface area contributed by atoms with Crippen molar-refractivity contribution in [2.45, 2.75) is 157 Å². The van der Waals surface area contributed by atoms with Gasteiger partial charge in [-0.2, -0.15) is 0 Å². The third-order valence-corrected chi connectivity index (χ3v) is 11.7. The van der Waals surface area contributed by atoms with Crippen LogP contribution in [0.1, 0.15) is 114 Å². The maximum atomic E-state index is 14.4. The first kappa shape index (κ1) is 41.9. The molecule has 2 saturated heterocycles. The number of rotatable bonds is 5. The van der Waals surface area contributed by atoms with E-state index in [0.717, 1.165) is 5.57 Å². The number of cyclic esters (lactones) is 1. The van der Waals surface area contributed by atoms with Gasteiger partial charge in [0.25, 0.3) is 0 Å². The smallest absolute Gasteiger partial charge is 0.316 e. The van der Waals surface area contributed by atoms with Crippen molar-refractivity contribution in [1.29, 1.82) is 0 Å². The molecule has 50 heavy (non-hydrogen) atoms. The van der Waals surface area contributed by atoms with Gasteiger partial charge in [-0.15, -0.1) is 0 Å². The van der Waals surface area contributed by atoms with Crippen molar-refractivity contribution in [1.82, 2.24) is 4.90 Å². The van der Waals surface area contributed by atoms with Crippen molar-refractivity contribution in [3.05, 3.63) is 12.2 Å². The summed E-state index contributed by atoms with van der Waals surface area (Å²) in [6.07, 6.45) is 0.00938. The SMILES string of the molecule is C=C1CCC2[C@@H](C)C(=NC(C)=O)[C@H](C)C[C@@](C)(CC1)[C@H](OC1O[C@H](C)CC(N(C)C)[C@H]1OC(C)=O)[C@@H](C)C(=O)[C@@H](C)C(=O)O[C@H](CC)[C@@]2(C)O. The fourth-order valence-corrected chi connectivity index (χ4v) is 8.95. The molecule has 3 fully saturated rings. The second-order valence-corrected chi connectivity index (χ2v) is 16.2. The number of aliphatic hydroxyl groups is 1. The fraction of sp³-hybridized carbons (Fsp3) is 0.821. The second-order valence-electron chi connectivity index (χ2n) is 16.2. The lowest BCUT2D eigenvalue weighted by atomic mass is 9.65. The van der Waals surface area contributed by atoms with Gasteiger partial charge in [-0.25, -0.2) is 4.99 Å². The van der Waals surface area contributed by atoms with Crippen LogP contribution >= 0.6 is 0 Å². The van der Waals surface area contributed by atoms with Gasteiger partial charge in [0.15, 0.2) is 18.2 Å². The molecule has 0 radical (unpaired) electrons. The van der Waals surface area contributed by atoms with Crippen LogP contribution in [0.3, 0.4) is 0 Å². The number of esters is 2. The predicted molar refractivity (Wildman–Crippen MR) is 191 cm³/mol. The summed E-state index contributed by atoms with van der Waals surface area (Å²) < 4.78 is 25.3. The van der Waals surface area contributed by atoms with Gasteiger partial charge in [0.05, 0.1) is 18.2 Å². The Morgan fingerprint density at radius 1 is 1.06 bits per heavy atom. The molecular formula is C39H64N2O9. The molecule has 1 aliphatic carbocycles. The van der Waals surface area contributed by atoms with E-state index in [1.54, 1.807) is 20.8 Å². The molecule has 11 nitrogen and oxygen atoms in total. The molecule has 3 aliphatic rings. The molecular weight excluding hydrogens is 640 g/mol. The van der Waals surface area contributed by atoms with Crippen LogP contribution in [-0.4, -0.2) is 95.8 Å². The lowest BCUT2D eigenvalue weighted by Crippen LogP contribution is -2.58. The summed E-state index contributed by atoms with van der Waals surface area (Å²) in [6.45, 7) is 22.1. The van der Waals surface area contributed by atoms with E-state index in [1.807, 2.05) is 46.7 Å². The van der Waals surface area contributed by atoms with Crippen LogP contribution in [0.5, 0.6) is 0 Å². The summed E-state index contributed by atoms with van der Waals surface area (Å²) in [4.78, 5) is 59.9. The average molecular weight is 705 g/mol. The van der Waals surface area contributed by atoms with Crippen LogP contribution in [-0.2, 0) is 38.1 Å². The van der Waals surface area contributed by atoms with Crippen LogP contribution in [0.25, 0.3) is 0 Å². The molecule has 0 aromatic carbocycles. The van der Waals surface area contributed by atoms with E-state index < -0.39 is 65.3 Å². The van der Waals surface area contributed by atoms with Crippen molar-refractivity contribution in [3.63, 3.8) is 0 Å². The number of hydrogen-bond donors (Lipinski definition) is 1. The van der Waals surface area contributed by atoms with E-state index in [-0.39, 0.29) is 35.7 Å². The minimum atomic E-state index is -1.49. The number of hydrogen-bond acceptors (Lipinski definition) is 10. The van der Waals surface area contributed by atoms with Gasteiger partial charge < -0.3 is 29.0 Å². The van der Waals surface area contributed by atoms with Gasteiger partial charge in [-0.3, -0.25) is 19.2 Å². The number of amides is 1. The summed E-state index contributed by atoms with van der Waals surface area (Å²) in [5.41, 5.74) is -0.594. The molecule has 13 atom stereocenters. The van der Waals surface area contributed by atoms with Crippen LogP contribution in [0, 0.1) is 35.0 Å². The largest absolute Gasteiger partial charge is 0.459 e. The van der Waals surface area contributed by atoms with Gasteiger partial charge in [-0.1, -0.05) is 46.8 Å². The molecule has 284 valence electrons. The fourth-order valence-electron chi connectivity index (χ4n) is 8.95. The Morgan fingerprint density at radius 3 is 2.26 bits per heavy atom. The molecule has 1 N–H and O–H groups in total. The Kier molecular flexibility index (Phi) is 14.2. The maximum Gasteiger partial charge on any atom is 0.316 e. The first-order valence-electron chi connectivity index (χ1n) is 18.5. The molecule has 1 amide bonds. The van der Waals surface area contributed by atoms with Crippen molar-refractivity contribution >= 4 is 29.3 Å². The van der Waals surface area contributed by atoms with Crippen LogP contribution in [0.15, 0.2) is 17.1 Å². The molecule has 1 saturated carbocycles. The number of ketones is 1. The third kappa shape index (κ3) is 9.49. The van der Waals surface area contributed by atoms with Gasteiger partial charge in [-0.05, 0) is 97.1 Å². The highest BCUT2D eigenvalue weighted by Gasteiger charge is 2.52. The Labute approximate surface area is 299 Å². The summed E-state index contributed by atoms with van der Waals surface area (Å²) in [5, 5.41) is 12.3. The van der Waals surface area contributed by atoms with Crippen molar-refractivity contribution in [2.75, 3.05) is 14.1 Å². The Bertz CT molecular complexity index is 1290. The average Bonchev–Trinajstić information content (AvgIpc) is 3.03. The van der Waals surface area contributed by atoms with E-state index >= 15 is 0 Å².